The van der Waals surface area contributed by atoms with Crippen LogP contribution in [0.25, 0.3) is 10.8 Å². The van der Waals surface area contributed by atoms with Crippen LogP contribution < -0.4 is 9.47 Å². The number of esters is 1. The summed E-state index contributed by atoms with van der Waals surface area (Å²) in [6.45, 7) is 7.27. The second kappa shape index (κ2) is 8.11. The van der Waals surface area contributed by atoms with Crippen molar-refractivity contribution in [3.05, 3.63) is 42.5 Å². The second-order valence-electron chi connectivity index (χ2n) is 5.46. The van der Waals surface area contributed by atoms with Crippen LogP contribution in [0.15, 0.2) is 47.4 Å². The highest BCUT2D eigenvalue weighted by Crippen LogP contribution is 2.40. The lowest BCUT2D eigenvalue weighted by atomic mass is 10.1. The summed E-state index contributed by atoms with van der Waals surface area (Å²) in [5, 5.41) is 1.96. The Labute approximate surface area is 146 Å². The highest BCUT2D eigenvalue weighted by molar-refractivity contribution is 7.98. The first-order valence-corrected chi connectivity index (χ1v) is 8.83. The molecule has 0 fully saturated rings. The predicted molar refractivity (Wildman–Crippen MR) is 98.1 cm³/mol. The molecule has 24 heavy (non-hydrogen) atoms. The Morgan fingerprint density at radius 3 is 2.54 bits per heavy atom. The van der Waals surface area contributed by atoms with Gasteiger partial charge in [0.25, 0.3) is 0 Å². The Balaban J connectivity index is 2.28. The minimum absolute atomic E-state index is 0.267. The maximum atomic E-state index is 11.6. The Morgan fingerprint density at radius 2 is 1.96 bits per heavy atom. The van der Waals surface area contributed by atoms with Crippen molar-refractivity contribution in [2.24, 2.45) is 0 Å². The van der Waals surface area contributed by atoms with Crippen LogP contribution in [-0.2, 0) is 9.53 Å². The zero-order valence-corrected chi connectivity index (χ0v) is 15.2. The molecule has 2 aromatic rings. The van der Waals surface area contributed by atoms with Crippen molar-refractivity contribution in [3.8, 4) is 11.5 Å². The van der Waals surface area contributed by atoms with Crippen molar-refractivity contribution in [2.75, 3.05) is 20.0 Å². The predicted octanol–water partition coefficient (Wildman–Crippen LogP) is 4.46. The van der Waals surface area contributed by atoms with Crippen LogP contribution in [0.3, 0.4) is 0 Å². The van der Waals surface area contributed by atoms with Crippen molar-refractivity contribution < 1.29 is 19.0 Å². The molecule has 0 bridgehead atoms. The summed E-state index contributed by atoms with van der Waals surface area (Å²) in [7, 11) is 1.66. The molecule has 2 aromatic carbocycles. The van der Waals surface area contributed by atoms with Gasteiger partial charge in [-0.2, -0.15) is 0 Å². The van der Waals surface area contributed by atoms with E-state index in [0.717, 1.165) is 27.2 Å². The number of benzene rings is 2. The van der Waals surface area contributed by atoms with Gasteiger partial charge >= 0.3 is 5.97 Å². The van der Waals surface area contributed by atoms with Gasteiger partial charge in [0.05, 0.1) is 12.0 Å². The van der Waals surface area contributed by atoms with E-state index in [2.05, 4.69) is 6.58 Å². The molecule has 0 saturated carbocycles. The molecule has 0 saturated heterocycles. The number of carbonyl (C=O) groups is 1. The zero-order chi connectivity index (χ0) is 17.7. The van der Waals surface area contributed by atoms with Gasteiger partial charge in [-0.3, -0.25) is 0 Å². The fourth-order valence-corrected chi connectivity index (χ4v) is 2.86. The summed E-state index contributed by atoms with van der Waals surface area (Å²) in [6, 6.07) is 9.88. The van der Waals surface area contributed by atoms with Gasteiger partial charge in [-0.25, -0.2) is 4.79 Å². The highest BCUT2D eigenvalue weighted by Gasteiger charge is 2.16. The smallest absolute Gasteiger partial charge is 0.333 e. The third-order valence-electron chi connectivity index (χ3n) is 3.48. The van der Waals surface area contributed by atoms with E-state index in [1.54, 1.807) is 32.7 Å². The fraction of sp³-hybridized carbons (Fsp3) is 0.316. The van der Waals surface area contributed by atoms with E-state index in [9.17, 15) is 4.79 Å². The van der Waals surface area contributed by atoms with E-state index < -0.39 is 5.97 Å². The lowest BCUT2D eigenvalue weighted by molar-refractivity contribution is -0.144. The first kappa shape index (κ1) is 18.2. The lowest BCUT2D eigenvalue weighted by Gasteiger charge is -2.18. The van der Waals surface area contributed by atoms with Crippen LogP contribution in [0.5, 0.6) is 11.5 Å². The number of rotatable bonds is 7. The molecule has 128 valence electrons. The summed E-state index contributed by atoms with van der Waals surface area (Å²) < 4.78 is 16.8. The normalized spacial score (nSPS) is 11.8. The largest absolute Gasteiger partial charge is 0.496 e. The van der Waals surface area contributed by atoms with E-state index in [1.807, 2.05) is 36.6 Å². The van der Waals surface area contributed by atoms with E-state index in [0.29, 0.717) is 5.57 Å². The molecular formula is C19H22O4S. The van der Waals surface area contributed by atoms with E-state index in [4.69, 9.17) is 14.2 Å². The van der Waals surface area contributed by atoms with E-state index >= 15 is 0 Å². The number of carbonyl (C=O) groups excluding carboxylic acids is 1. The quantitative estimate of drug-likeness (QED) is 0.421. The van der Waals surface area contributed by atoms with Crippen molar-refractivity contribution in [3.63, 3.8) is 0 Å². The SMILES string of the molecule is C=C(C)C(=O)OC(C)COc1c(SC)cc(OC)c2ccccc12. The number of fused-ring (bicyclic) bond motifs is 1. The Hall–Kier alpha value is -2.14. The molecule has 0 amide bonds. The van der Waals surface area contributed by atoms with Gasteiger partial charge < -0.3 is 14.2 Å². The van der Waals surface area contributed by atoms with Gasteiger partial charge in [-0.05, 0) is 26.2 Å². The van der Waals surface area contributed by atoms with Crippen molar-refractivity contribution in [1.29, 1.82) is 0 Å². The Bertz CT molecular complexity index is 754. The summed E-state index contributed by atoms with van der Waals surface area (Å²) in [4.78, 5) is 12.6. The molecule has 0 aliphatic rings. The van der Waals surface area contributed by atoms with Crippen LogP contribution in [0.4, 0.5) is 0 Å². The maximum Gasteiger partial charge on any atom is 0.333 e. The molecule has 5 heteroatoms. The molecule has 0 radical (unpaired) electrons. The Morgan fingerprint density at radius 1 is 1.29 bits per heavy atom. The molecular weight excluding hydrogens is 324 g/mol. The van der Waals surface area contributed by atoms with Gasteiger partial charge in [-0.15, -0.1) is 11.8 Å². The molecule has 1 unspecified atom stereocenters. The maximum absolute atomic E-state index is 11.6. The van der Waals surface area contributed by atoms with Crippen LogP contribution in [0.2, 0.25) is 0 Å². The van der Waals surface area contributed by atoms with Crippen LogP contribution in [0.1, 0.15) is 13.8 Å². The molecule has 0 heterocycles. The molecule has 0 aliphatic carbocycles. The van der Waals surface area contributed by atoms with Gasteiger partial charge in [0.1, 0.15) is 24.2 Å². The van der Waals surface area contributed by atoms with Crippen LogP contribution in [0, 0.1) is 0 Å². The first-order chi connectivity index (χ1) is 11.5. The number of thioether (sulfide) groups is 1. The zero-order valence-electron chi connectivity index (χ0n) is 14.4. The average molecular weight is 346 g/mol. The van der Waals surface area contributed by atoms with Gasteiger partial charge in [0.15, 0.2) is 0 Å². The lowest BCUT2D eigenvalue weighted by Crippen LogP contribution is -2.22. The molecule has 2 rings (SSSR count). The van der Waals surface area contributed by atoms with Gasteiger partial charge in [0.2, 0.25) is 0 Å². The number of ether oxygens (including phenoxy) is 3. The average Bonchev–Trinajstić information content (AvgIpc) is 2.58. The monoisotopic (exact) mass is 346 g/mol. The second-order valence-corrected chi connectivity index (χ2v) is 6.31. The van der Waals surface area contributed by atoms with Crippen LogP contribution >= 0.6 is 11.8 Å². The van der Waals surface area contributed by atoms with Gasteiger partial charge in [0, 0.05) is 16.3 Å². The number of hydrogen-bond donors (Lipinski definition) is 0. The minimum Gasteiger partial charge on any atom is -0.496 e. The van der Waals surface area contributed by atoms with Crippen molar-refractivity contribution >= 4 is 28.5 Å². The summed E-state index contributed by atoms with van der Waals surface area (Å²) >= 11 is 1.58. The topological polar surface area (TPSA) is 44.8 Å². The van der Waals surface area contributed by atoms with Crippen molar-refractivity contribution in [1.82, 2.24) is 0 Å². The molecule has 0 aliphatic heterocycles. The number of methoxy groups -OCH3 is 1. The molecule has 0 aromatic heterocycles. The summed E-state index contributed by atoms with van der Waals surface area (Å²) in [5.41, 5.74) is 0.376. The molecule has 4 nitrogen and oxygen atoms in total. The standard InChI is InChI=1S/C19H22O4S/c1-12(2)19(20)23-13(3)11-22-18-15-9-7-6-8-14(15)16(21-4)10-17(18)24-5/h6-10,13H,1,11H2,2-5H3. The third-order valence-corrected chi connectivity index (χ3v) is 4.23. The molecule has 1 atom stereocenters. The first-order valence-electron chi connectivity index (χ1n) is 7.61. The fourth-order valence-electron chi connectivity index (χ4n) is 2.28. The van der Waals surface area contributed by atoms with Crippen LogP contribution in [-0.4, -0.2) is 32.0 Å². The van der Waals surface area contributed by atoms with E-state index in [1.165, 1.54) is 0 Å². The number of hydrogen-bond acceptors (Lipinski definition) is 5. The van der Waals surface area contributed by atoms with Gasteiger partial charge in [-0.1, -0.05) is 30.8 Å². The minimum atomic E-state index is -0.407. The van der Waals surface area contributed by atoms with E-state index in [-0.39, 0.29) is 12.7 Å². The van der Waals surface area contributed by atoms with Crippen molar-refractivity contribution in [2.45, 2.75) is 24.8 Å². The summed E-state index contributed by atoms with van der Waals surface area (Å²) in [5.74, 6) is 1.18. The third kappa shape index (κ3) is 4.03. The summed E-state index contributed by atoms with van der Waals surface area (Å²) in [6.07, 6.45) is 1.62. The molecule has 0 spiro atoms. The Kier molecular flexibility index (Phi) is 6.15. The highest BCUT2D eigenvalue weighted by atomic mass is 32.2. The molecule has 0 N–H and O–H groups in total.